The van der Waals surface area contributed by atoms with Crippen molar-refractivity contribution in [1.29, 1.82) is 0 Å². The Morgan fingerprint density at radius 1 is 0.415 bits per heavy atom. The molecule has 41 heavy (non-hydrogen) atoms. The molecule has 0 radical (unpaired) electrons. The molecule has 0 unspecified atom stereocenters. The monoisotopic (exact) mass is 683 g/mol. The maximum atomic E-state index is 2.39. The third-order valence-electron chi connectivity index (χ3n) is 9.29. The second-order valence-corrected chi connectivity index (χ2v) is 13.3. The lowest BCUT2D eigenvalue weighted by molar-refractivity contribution is -0.671. The summed E-state index contributed by atoms with van der Waals surface area (Å²) < 4.78 is 2.18. The molecule has 0 aliphatic rings. The van der Waals surface area contributed by atoms with Crippen LogP contribution in [-0.4, -0.2) is 0 Å². The number of nitrogens with zero attached hydrogens (tertiary/aromatic N) is 1. The molecule has 0 spiro atoms. The van der Waals surface area contributed by atoms with E-state index in [1.54, 1.807) is 5.56 Å². The van der Waals surface area contributed by atoms with E-state index in [1.165, 1.54) is 193 Å². The molecule has 1 aromatic rings. The van der Waals surface area contributed by atoms with Crippen LogP contribution in [0.4, 0.5) is 0 Å². The van der Waals surface area contributed by atoms with Crippen molar-refractivity contribution in [3.8, 4) is 0 Å². The van der Waals surface area contributed by atoms with Gasteiger partial charge in [-0.2, -0.15) is 0 Å². The predicted octanol–water partition coefficient (Wildman–Crippen LogP) is 10.3. The maximum Gasteiger partial charge on any atom is 0.168 e. The van der Waals surface area contributed by atoms with Crippen molar-refractivity contribution in [2.24, 2.45) is 7.05 Å². The first-order valence-electron chi connectivity index (χ1n) is 18.7. The smallest absolute Gasteiger partial charge is 0.168 e. The number of hydrogen-bond acceptors (Lipinski definition) is 0. The van der Waals surface area contributed by atoms with Crippen molar-refractivity contribution in [3.05, 3.63) is 30.1 Å². The molecule has 0 bridgehead atoms. The van der Waals surface area contributed by atoms with E-state index in [0.29, 0.717) is 0 Å². The third-order valence-corrected chi connectivity index (χ3v) is 9.29. The summed E-state index contributed by atoms with van der Waals surface area (Å²) in [7, 11) is 2.14. The van der Waals surface area contributed by atoms with E-state index in [9.17, 15) is 0 Å². The lowest BCUT2D eigenvalue weighted by Gasteiger charge is -2.17. The molecule has 1 aromatic heterocycles. The number of aromatic nitrogens is 1. The predicted molar refractivity (Wildman–Crippen MR) is 180 cm³/mol. The van der Waals surface area contributed by atoms with Crippen LogP contribution < -0.4 is 28.5 Å². The highest BCUT2D eigenvalue weighted by molar-refractivity contribution is 5.13. The number of hydrogen-bond donors (Lipinski definition) is 0. The van der Waals surface area contributed by atoms with Crippen LogP contribution in [0.5, 0.6) is 0 Å². The van der Waals surface area contributed by atoms with Gasteiger partial charge in [-0.1, -0.05) is 194 Å². The summed E-state index contributed by atoms with van der Waals surface area (Å²) >= 11 is 0. The second kappa shape index (κ2) is 32.8. The zero-order valence-corrected chi connectivity index (χ0v) is 30.6. The number of halogens is 1. The first-order valence-corrected chi connectivity index (χ1v) is 18.7. The van der Waals surface area contributed by atoms with Gasteiger partial charge < -0.3 is 24.0 Å². The topological polar surface area (TPSA) is 3.88 Å². The van der Waals surface area contributed by atoms with Gasteiger partial charge in [0, 0.05) is 12.1 Å². The molecule has 0 aliphatic heterocycles. The van der Waals surface area contributed by atoms with Crippen molar-refractivity contribution >= 4 is 0 Å². The molecule has 1 nitrogen and oxygen atoms in total. The van der Waals surface area contributed by atoms with E-state index in [0.717, 1.165) is 5.92 Å². The zero-order valence-electron chi connectivity index (χ0n) is 28.4. The van der Waals surface area contributed by atoms with Crippen molar-refractivity contribution in [3.63, 3.8) is 0 Å². The standard InChI is InChI=1S/C39H74N.HI/c1-4-6-8-10-12-14-16-18-20-22-24-26-28-30-32-38(39-34-36-40(3)37-35-39)33-31-29-27-25-23-21-19-17-15-13-11-9-7-5-2;/h34-38H,4-33H2,1-3H3;1H/q+1;/p-1. The minimum atomic E-state index is 0. The van der Waals surface area contributed by atoms with Gasteiger partial charge in [-0.25, -0.2) is 4.57 Å². The molecule has 0 saturated heterocycles. The summed E-state index contributed by atoms with van der Waals surface area (Å²) in [6, 6.07) is 4.77. The van der Waals surface area contributed by atoms with Crippen molar-refractivity contribution in [2.45, 2.75) is 212 Å². The molecular weight excluding hydrogens is 609 g/mol. The molecule has 242 valence electrons. The van der Waals surface area contributed by atoms with Crippen LogP contribution in [0, 0.1) is 0 Å². The molecular formula is C39H74IN. The number of pyridine rings is 1. The van der Waals surface area contributed by atoms with Gasteiger partial charge in [-0.3, -0.25) is 0 Å². The number of unbranched alkanes of at least 4 members (excludes halogenated alkanes) is 26. The van der Waals surface area contributed by atoms with Gasteiger partial charge in [-0.15, -0.1) is 0 Å². The van der Waals surface area contributed by atoms with Gasteiger partial charge in [0.1, 0.15) is 7.05 Å². The van der Waals surface area contributed by atoms with Gasteiger partial charge in [-0.05, 0) is 24.3 Å². The Morgan fingerprint density at radius 3 is 0.927 bits per heavy atom. The van der Waals surface area contributed by atoms with Gasteiger partial charge in [0.05, 0.1) is 0 Å². The third kappa shape index (κ3) is 27.2. The highest BCUT2D eigenvalue weighted by Gasteiger charge is 2.12. The largest absolute Gasteiger partial charge is 1.00 e. The van der Waals surface area contributed by atoms with Crippen LogP contribution in [0.1, 0.15) is 218 Å². The van der Waals surface area contributed by atoms with Gasteiger partial charge in [0.2, 0.25) is 0 Å². The average Bonchev–Trinajstić information content (AvgIpc) is 2.97. The molecule has 1 rings (SSSR count). The first kappa shape index (κ1) is 40.9. The Labute approximate surface area is 276 Å². The van der Waals surface area contributed by atoms with Crippen LogP contribution in [0.15, 0.2) is 24.5 Å². The van der Waals surface area contributed by atoms with E-state index in [1.807, 2.05) is 0 Å². The molecule has 0 atom stereocenters. The first-order chi connectivity index (χ1) is 19.8. The summed E-state index contributed by atoms with van der Waals surface area (Å²) in [5.74, 6) is 0.774. The van der Waals surface area contributed by atoms with Crippen LogP contribution in [-0.2, 0) is 7.05 Å². The van der Waals surface area contributed by atoms with Crippen LogP contribution in [0.25, 0.3) is 0 Å². The summed E-state index contributed by atoms with van der Waals surface area (Å²) in [5.41, 5.74) is 1.59. The quantitative estimate of drug-likeness (QED) is 0.0417. The Hall–Kier alpha value is -0.120. The zero-order chi connectivity index (χ0) is 28.8. The van der Waals surface area contributed by atoms with Crippen LogP contribution in [0.3, 0.4) is 0 Å². The molecule has 0 fully saturated rings. The molecule has 1 heterocycles. The average molecular weight is 684 g/mol. The normalized spacial score (nSPS) is 11.3. The van der Waals surface area contributed by atoms with Crippen LogP contribution >= 0.6 is 0 Å². The Bertz CT molecular complexity index is 580. The molecule has 0 aliphatic carbocycles. The Kier molecular flexibility index (Phi) is 32.7. The highest BCUT2D eigenvalue weighted by Crippen LogP contribution is 2.28. The second-order valence-electron chi connectivity index (χ2n) is 13.3. The molecule has 0 amide bonds. The van der Waals surface area contributed by atoms with E-state index in [4.69, 9.17) is 0 Å². The Morgan fingerprint density at radius 2 is 0.659 bits per heavy atom. The van der Waals surface area contributed by atoms with Gasteiger partial charge in [0.25, 0.3) is 0 Å². The summed E-state index contributed by atoms with van der Waals surface area (Å²) in [6.45, 7) is 4.62. The van der Waals surface area contributed by atoms with Gasteiger partial charge in [0.15, 0.2) is 12.4 Å². The fraction of sp³-hybridized carbons (Fsp3) is 0.872. The van der Waals surface area contributed by atoms with Crippen molar-refractivity contribution in [2.75, 3.05) is 0 Å². The van der Waals surface area contributed by atoms with Crippen LogP contribution in [0.2, 0.25) is 0 Å². The highest BCUT2D eigenvalue weighted by atomic mass is 127. The fourth-order valence-electron chi connectivity index (χ4n) is 6.43. The molecule has 0 N–H and O–H groups in total. The molecule has 0 aromatic carbocycles. The van der Waals surface area contributed by atoms with Gasteiger partial charge >= 0.3 is 0 Å². The van der Waals surface area contributed by atoms with E-state index < -0.39 is 0 Å². The molecule has 2 heteroatoms. The lowest BCUT2D eigenvalue weighted by Crippen LogP contribution is -3.00. The summed E-state index contributed by atoms with van der Waals surface area (Å²) in [6.07, 6.45) is 47.9. The minimum Gasteiger partial charge on any atom is -1.00 e. The number of rotatable bonds is 31. The molecule has 0 saturated carbocycles. The fourth-order valence-corrected chi connectivity index (χ4v) is 6.43. The Balaban J connectivity index is 0.0000160. The maximum absolute atomic E-state index is 2.39. The minimum absolute atomic E-state index is 0. The van der Waals surface area contributed by atoms with E-state index in [-0.39, 0.29) is 24.0 Å². The summed E-state index contributed by atoms with van der Waals surface area (Å²) in [4.78, 5) is 0. The number of aryl methyl sites for hydroxylation is 1. The van der Waals surface area contributed by atoms with E-state index in [2.05, 4.69) is 50.0 Å². The lowest BCUT2D eigenvalue weighted by atomic mass is 9.88. The van der Waals surface area contributed by atoms with E-state index >= 15 is 0 Å². The SMILES string of the molecule is CCCCCCCCCCCCCCCCC(CCCCCCCCCCCCCCCC)c1cc[n+](C)cc1.[I-]. The van der Waals surface area contributed by atoms with Crippen molar-refractivity contribution in [1.82, 2.24) is 0 Å². The summed E-state index contributed by atoms with van der Waals surface area (Å²) in [5, 5.41) is 0. The van der Waals surface area contributed by atoms with Crippen molar-refractivity contribution < 1.29 is 28.5 Å².